The van der Waals surface area contributed by atoms with Gasteiger partial charge in [0.05, 0.1) is 5.52 Å². The smallest absolute Gasteiger partial charge is 0.243 e. The predicted octanol–water partition coefficient (Wildman–Crippen LogP) is 3.82. The summed E-state index contributed by atoms with van der Waals surface area (Å²) in [5.74, 6) is -0.0544. The van der Waals surface area contributed by atoms with Crippen molar-refractivity contribution >= 4 is 22.9 Å². The van der Waals surface area contributed by atoms with Crippen molar-refractivity contribution in [2.75, 3.05) is 6.54 Å². The van der Waals surface area contributed by atoms with E-state index < -0.39 is 0 Å². The molecule has 0 atom stereocenters. The molecule has 3 aromatic heterocycles. The fourth-order valence-corrected chi connectivity index (χ4v) is 2.91. The van der Waals surface area contributed by atoms with E-state index in [-0.39, 0.29) is 5.91 Å². The molecule has 0 fully saturated rings. The van der Waals surface area contributed by atoms with Gasteiger partial charge in [-0.3, -0.25) is 14.8 Å². The number of nitrogens with zero attached hydrogens (tertiary/aromatic N) is 3. The van der Waals surface area contributed by atoms with Gasteiger partial charge in [-0.25, -0.2) is 0 Å². The number of aromatic nitrogens is 3. The molecule has 1 N–H and O–H groups in total. The number of hydrogen-bond donors (Lipinski definition) is 1. The fourth-order valence-electron chi connectivity index (χ4n) is 2.91. The summed E-state index contributed by atoms with van der Waals surface area (Å²) in [4.78, 5) is 19.9. The number of rotatable bonds is 9. The van der Waals surface area contributed by atoms with Crippen molar-refractivity contribution in [2.45, 2.75) is 32.2 Å². The van der Waals surface area contributed by atoms with Crippen LogP contribution in [0.4, 0.5) is 0 Å². The maximum absolute atomic E-state index is 11.8. The second-order valence-electron chi connectivity index (χ2n) is 6.27. The van der Waals surface area contributed by atoms with Crippen molar-refractivity contribution in [2.24, 2.45) is 0 Å². The molecule has 5 nitrogen and oxygen atoms in total. The highest BCUT2D eigenvalue weighted by molar-refractivity contribution is 5.91. The third kappa shape index (κ3) is 5.28. The highest BCUT2D eigenvalue weighted by Gasteiger charge is 2.00. The summed E-state index contributed by atoms with van der Waals surface area (Å²) in [5, 5.41) is 4.11. The molecule has 3 heterocycles. The van der Waals surface area contributed by atoms with Gasteiger partial charge in [0.25, 0.3) is 0 Å². The van der Waals surface area contributed by atoms with Crippen LogP contribution in [0.25, 0.3) is 17.0 Å². The van der Waals surface area contributed by atoms with E-state index in [9.17, 15) is 4.79 Å². The van der Waals surface area contributed by atoms with Crippen LogP contribution < -0.4 is 5.32 Å². The van der Waals surface area contributed by atoms with Crippen LogP contribution in [0.5, 0.6) is 0 Å². The van der Waals surface area contributed by atoms with Crippen LogP contribution in [-0.4, -0.2) is 27.0 Å². The minimum atomic E-state index is -0.0544. The average molecular weight is 348 g/mol. The summed E-state index contributed by atoms with van der Waals surface area (Å²) in [5.41, 5.74) is 2.17. The number of hydrogen-bond acceptors (Lipinski definition) is 3. The van der Waals surface area contributed by atoms with Crippen LogP contribution in [0, 0.1) is 0 Å². The summed E-state index contributed by atoms with van der Waals surface area (Å²) in [6.07, 6.45) is 17.1. The molecule has 0 aliphatic rings. The highest BCUT2D eigenvalue weighted by Crippen LogP contribution is 2.15. The van der Waals surface area contributed by atoms with E-state index in [1.54, 1.807) is 24.5 Å². The van der Waals surface area contributed by atoms with Crippen molar-refractivity contribution in [1.29, 1.82) is 0 Å². The van der Waals surface area contributed by atoms with Crippen LogP contribution in [0.1, 0.15) is 31.2 Å². The van der Waals surface area contributed by atoms with Gasteiger partial charge < -0.3 is 9.88 Å². The minimum absolute atomic E-state index is 0.0544. The van der Waals surface area contributed by atoms with Gasteiger partial charge in [-0.1, -0.05) is 18.9 Å². The Kier molecular flexibility index (Phi) is 6.53. The van der Waals surface area contributed by atoms with E-state index in [0.29, 0.717) is 6.54 Å². The summed E-state index contributed by atoms with van der Waals surface area (Å²) < 4.78 is 2.28. The average Bonchev–Trinajstić information content (AvgIpc) is 3.10. The molecule has 3 rings (SSSR count). The lowest BCUT2D eigenvalue weighted by atomic mass is 10.2. The van der Waals surface area contributed by atoms with Gasteiger partial charge in [0.15, 0.2) is 0 Å². The van der Waals surface area contributed by atoms with Crippen molar-refractivity contribution in [3.8, 4) is 0 Å². The molecule has 0 aliphatic heterocycles. The number of carbonyl (C=O) groups excluding carboxylic acids is 1. The monoisotopic (exact) mass is 348 g/mol. The molecule has 0 radical (unpaired) electrons. The molecule has 26 heavy (non-hydrogen) atoms. The van der Waals surface area contributed by atoms with E-state index in [2.05, 4.69) is 38.2 Å². The zero-order valence-corrected chi connectivity index (χ0v) is 14.8. The Morgan fingerprint density at radius 2 is 1.92 bits per heavy atom. The maximum atomic E-state index is 11.8. The number of nitrogens with one attached hydrogen (secondary N) is 1. The van der Waals surface area contributed by atoms with E-state index in [0.717, 1.165) is 37.8 Å². The summed E-state index contributed by atoms with van der Waals surface area (Å²) in [6.45, 7) is 1.74. The number of amides is 1. The second-order valence-corrected chi connectivity index (χ2v) is 6.27. The van der Waals surface area contributed by atoms with Gasteiger partial charge in [0, 0.05) is 55.5 Å². The molecule has 0 aliphatic carbocycles. The third-order valence-corrected chi connectivity index (χ3v) is 4.31. The van der Waals surface area contributed by atoms with E-state index >= 15 is 0 Å². The Morgan fingerprint density at radius 1 is 1.04 bits per heavy atom. The zero-order valence-electron chi connectivity index (χ0n) is 14.8. The van der Waals surface area contributed by atoms with Crippen molar-refractivity contribution < 1.29 is 4.79 Å². The van der Waals surface area contributed by atoms with Crippen LogP contribution in [0.2, 0.25) is 0 Å². The third-order valence-electron chi connectivity index (χ3n) is 4.31. The van der Waals surface area contributed by atoms with Crippen LogP contribution in [-0.2, 0) is 11.3 Å². The van der Waals surface area contributed by atoms with Gasteiger partial charge in [0.1, 0.15) is 0 Å². The van der Waals surface area contributed by atoms with Crippen LogP contribution in [0.3, 0.4) is 0 Å². The maximum Gasteiger partial charge on any atom is 0.243 e. The Bertz CT molecular complexity index is 855. The first-order chi connectivity index (χ1) is 12.8. The number of unbranched alkanes of at least 4 members (excludes halogenated alkanes) is 3. The molecular weight excluding hydrogens is 324 g/mol. The second kappa shape index (κ2) is 9.51. The number of aryl methyl sites for hydroxylation is 1. The Morgan fingerprint density at radius 3 is 2.81 bits per heavy atom. The summed E-state index contributed by atoms with van der Waals surface area (Å²) in [6, 6.07) is 7.94. The first-order valence-corrected chi connectivity index (χ1v) is 9.08. The Labute approximate surface area is 153 Å². The zero-order chi connectivity index (χ0) is 18.0. The highest BCUT2D eigenvalue weighted by atomic mass is 16.1. The SMILES string of the molecule is O=C(/C=C/c1cccnc1)NCCCCCCn1ccc2cnccc21. The number of carbonyl (C=O) groups is 1. The van der Waals surface area contributed by atoms with Crippen molar-refractivity contribution in [1.82, 2.24) is 19.9 Å². The fraction of sp³-hybridized carbons (Fsp3) is 0.286. The van der Waals surface area contributed by atoms with E-state index in [1.807, 2.05) is 24.5 Å². The molecule has 134 valence electrons. The summed E-state index contributed by atoms with van der Waals surface area (Å²) in [7, 11) is 0. The standard InChI is InChI=1S/C21H24N4O/c26-21(8-7-18-6-5-11-22-16-18)24-12-3-1-2-4-14-25-15-10-19-17-23-13-9-20(19)25/h5-11,13,15-17H,1-4,12,14H2,(H,24,26)/b8-7+. The van der Waals surface area contributed by atoms with Gasteiger partial charge >= 0.3 is 0 Å². The number of fused-ring (bicyclic) bond motifs is 1. The van der Waals surface area contributed by atoms with Gasteiger partial charge in [-0.15, -0.1) is 0 Å². The largest absolute Gasteiger partial charge is 0.353 e. The van der Waals surface area contributed by atoms with Crippen LogP contribution >= 0.6 is 0 Å². The molecule has 0 saturated carbocycles. The first kappa shape index (κ1) is 17.9. The Balaban J connectivity index is 1.28. The van der Waals surface area contributed by atoms with Gasteiger partial charge in [-0.2, -0.15) is 0 Å². The van der Waals surface area contributed by atoms with Gasteiger partial charge in [-0.05, 0) is 42.7 Å². The van der Waals surface area contributed by atoms with E-state index in [4.69, 9.17) is 0 Å². The molecule has 0 unspecified atom stereocenters. The van der Waals surface area contributed by atoms with Gasteiger partial charge in [0.2, 0.25) is 5.91 Å². The normalized spacial score (nSPS) is 11.2. The van der Waals surface area contributed by atoms with E-state index in [1.165, 1.54) is 10.9 Å². The molecule has 0 aromatic carbocycles. The quantitative estimate of drug-likeness (QED) is 0.472. The molecule has 5 heteroatoms. The lowest BCUT2D eigenvalue weighted by Crippen LogP contribution is -2.21. The molecule has 0 spiro atoms. The molecule has 0 bridgehead atoms. The number of pyridine rings is 2. The van der Waals surface area contributed by atoms with Crippen molar-refractivity contribution in [3.63, 3.8) is 0 Å². The lowest BCUT2D eigenvalue weighted by Gasteiger charge is -2.06. The molecular formula is C21H24N4O. The predicted molar refractivity (Wildman–Crippen MR) is 104 cm³/mol. The lowest BCUT2D eigenvalue weighted by molar-refractivity contribution is -0.116. The molecule has 3 aromatic rings. The molecule has 1 amide bonds. The first-order valence-electron chi connectivity index (χ1n) is 9.08. The minimum Gasteiger partial charge on any atom is -0.353 e. The van der Waals surface area contributed by atoms with Crippen molar-refractivity contribution in [3.05, 3.63) is 66.9 Å². The van der Waals surface area contributed by atoms with Crippen LogP contribution in [0.15, 0.2) is 61.3 Å². The Hall–Kier alpha value is -2.95. The summed E-state index contributed by atoms with van der Waals surface area (Å²) >= 11 is 0. The topological polar surface area (TPSA) is 59.8 Å². The molecule has 0 saturated heterocycles.